The lowest BCUT2D eigenvalue weighted by molar-refractivity contribution is 0.0336. The van der Waals surface area contributed by atoms with Crippen LogP contribution in [-0.4, -0.2) is 28.6 Å². The van der Waals surface area contributed by atoms with Crippen molar-refractivity contribution < 1.29 is 4.39 Å². The van der Waals surface area contributed by atoms with Crippen LogP contribution >= 0.6 is 0 Å². The van der Waals surface area contributed by atoms with Crippen LogP contribution in [0.2, 0.25) is 0 Å². The lowest BCUT2D eigenvalue weighted by Crippen LogP contribution is -2.55. The minimum Gasteiger partial charge on any atom is -0.390 e. The minimum atomic E-state index is -1.58. The Hall–Kier alpha value is -2.75. The Bertz CT molecular complexity index is 826. The number of hydrogen-bond acceptors (Lipinski definition) is 5. The van der Waals surface area contributed by atoms with Crippen LogP contribution < -0.4 is 11.1 Å². The number of halogens is 1. The van der Waals surface area contributed by atoms with Crippen molar-refractivity contribution in [2.45, 2.75) is 59.3 Å². The maximum absolute atomic E-state index is 14.3. The zero-order valence-electron chi connectivity index (χ0n) is 17.2. The number of aliphatic imine (C=N–C) groups is 2. The smallest absolute Gasteiger partial charge is 0.147 e. The van der Waals surface area contributed by atoms with E-state index in [-0.39, 0.29) is 18.0 Å². The summed E-state index contributed by atoms with van der Waals surface area (Å²) < 4.78 is 14.3. The highest BCUT2D eigenvalue weighted by Gasteiger charge is 2.45. The van der Waals surface area contributed by atoms with Gasteiger partial charge in [0.25, 0.3) is 0 Å². The van der Waals surface area contributed by atoms with Gasteiger partial charge < -0.3 is 11.1 Å². The number of nitrogens with zero attached hydrogens (tertiary/aromatic N) is 4. The van der Waals surface area contributed by atoms with Crippen LogP contribution in [0.3, 0.4) is 0 Å². The second-order valence-corrected chi connectivity index (χ2v) is 8.18. The Balaban J connectivity index is 2.22. The van der Waals surface area contributed by atoms with E-state index in [4.69, 9.17) is 12.2 Å². The topological polar surface area (TPSA) is 88.5 Å². The van der Waals surface area contributed by atoms with E-state index in [0.717, 1.165) is 6.42 Å². The molecule has 2 unspecified atom stereocenters. The van der Waals surface area contributed by atoms with E-state index in [1.54, 1.807) is 12.4 Å². The molecule has 1 aliphatic carbocycles. The van der Waals surface area contributed by atoms with Gasteiger partial charge in [0.1, 0.15) is 17.8 Å². The zero-order chi connectivity index (χ0) is 20.9. The third-order valence-electron chi connectivity index (χ3n) is 5.52. The molecule has 0 saturated heterocycles. The first-order valence-electron chi connectivity index (χ1n) is 9.31. The largest absolute Gasteiger partial charge is 0.390 e. The summed E-state index contributed by atoms with van der Waals surface area (Å²) in [5.41, 5.74) is 5.46. The molecule has 0 amide bonds. The van der Waals surface area contributed by atoms with E-state index >= 15 is 0 Å². The molecule has 1 heterocycles. The molecular weight excluding hydrogens is 355 g/mol. The second kappa shape index (κ2) is 8.51. The van der Waals surface area contributed by atoms with Crippen molar-refractivity contribution in [1.82, 2.24) is 15.3 Å². The fourth-order valence-electron chi connectivity index (χ4n) is 3.22. The Labute approximate surface area is 166 Å². The Morgan fingerprint density at radius 3 is 2.79 bits per heavy atom. The molecule has 3 N–H and O–H groups in total. The molecular formula is C21H29FN6. The first kappa shape index (κ1) is 21.5. The van der Waals surface area contributed by atoms with E-state index in [1.807, 2.05) is 0 Å². The molecule has 2 rings (SSSR count). The third-order valence-corrected chi connectivity index (χ3v) is 5.52. The van der Waals surface area contributed by atoms with Gasteiger partial charge in [-0.05, 0) is 31.6 Å². The monoisotopic (exact) mass is 384 g/mol. The van der Waals surface area contributed by atoms with Gasteiger partial charge in [0.2, 0.25) is 0 Å². The molecule has 0 aliphatic heterocycles. The van der Waals surface area contributed by atoms with Crippen molar-refractivity contribution >= 4 is 12.6 Å². The van der Waals surface area contributed by atoms with E-state index in [2.05, 4.69) is 52.0 Å². The number of rotatable bonds is 7. The lowest BCUT2D eigenvalue weighted by atomic mass is 9.59. The highest BCUT2D eigenvalue weighted by atomic mass is 19.1. The van der Waals surface area contributed by atoms with Crippen molar-refractivity contribution in [3.8, 4) is 12.3 Å². The van der Waals surface area contributed by atoms with Crippen LogP contribution in [0.5, 0.6) is 0 Å². The van der Waals surface area contributed by atoms with Gasteiger partial charge in [0.05, 0.1) is 24.2 Å². The van der Waals surface area contributed by atoms with Crippen LogP contribution in [0.15, 0.2) is 33.9 Å². The highest BCUT2D eigenvalue weighted by Crippen LogP contribution is 2.46. The van der Waals surface area contributed by atoms with Gasteiger partial charge >= 0.3 is 0 Å². The second-order valence-electron chi connectivity index (χ2n) is 8.18. The molecule has 7 heteroatoms. The molecule has 0 spiro atoms. The molecule has 1 fully saturated rings. The molecule has 0 radical (unpaired) electrons. The summed E-state index contributed by atoms with van der Waals surface area (Å²) in [7, 11) is 0. The van der Waals surface area contributed by atoms with Gasteiger partial charge in [-0.3, -0.25) is 4.99 Å². The van der Waals surface area contributed by atoms with Crippen molar-refractivity contribution in [3.05, 3.63) is 35.2 Å². The number of terminal acetylenes is 1. The molecule has 6 nitrogen and oxygen atoms in total. The van der Waals surface area contributed by atoms with Crippen LogP contribution in [0.1, 0.15) is 52.3 Å². The summed E-state index contributed by atoms with van der Waals surface area (Å²) in [6, 6.07) is 0.249. The Morgan fingerprint density at radius 2 is 2.25 bits per heavy atom. The van der Waals surface area contributed by atoms with Crippen molar-refractivity contribution in [1.29, 1.82) is 0 Å². The predicted octanol–water partition coefficient (Wildman–Crippen LogP) is 3.11. The van der Waals surface area contributed by atoms with Crippen LogP contribution in [0.25, 0.3) is 0 Å². The highest BCUT2D eigenvalue weighted by molar-refractivity contribution is 5.85. The molecule has 1 saturated carbocycles. The molecule has 2 atom stereocenters. The number of nitrogens with two attached hydrogens (primary N) is 1. The van der Waals surface area contributed by atoms with E-state index < -0.39 is 5.67 Å². The Kier molecular flexibility index (Phi) is 6.55. The maximum Gasteiger partial charge on any atom is 0.147 e. The quantitative estimate of drug-likeness (QED) is 0.429. The number of aromatic nitrogens is 2. The van der Waals surface area contributed by atoms with E-state index in [0.29, 0.717) is 28.6 Å². The number of allylic oxidation sites excluding steroid dienone is 1. The fraction of sp³-hybridized carbons (Fsp3) is 0.524. The first-order chi connectivity index (χ1) is 13.1. The van der Waals surface area contributed by atoms with Crippen molar-refractivity contribution in [2.75, 3.05) is 0 Å². The molecule has 28 heavy (non-hydrogen) atoms. The fourth-order valence-corrected chi connectivity index (χ4v) is 3.22. The van der Waals surface area contributed by atoms with Crippen LogP contribution in [-0.2, 0) is 12.2 Å². The summed E-state index contributed by atoms with van der Waals surface area (Å²) in [5, 5.41) is 3.39. The maximum atomic E-state index is 14.3. The van der Waals surface area contributed by atoms with Crippen molar-refractivity contribution in [3.63, 3.8) is 0 Å². The van der Waals surface area contributed by atoms with Crippen LogP contribution in [0, 0.1) is 23.7 Å². The molecule has 1 aliphatic rings. The molecule has 150 valence electrons. The van der Waals surface area contributed by atoms with Gasteiger partial charge in [-0.2, -0.15) is 0 Å². The molecule has 0 aromatic carbocycles. The number of alkyl halides is 1. The average Bonchev–Trinajstić information content (AvgIpc) is 2.64. The van der Waals surface area contributed by atoms with Gasteiger partial charge in [0, 0.05) is 24.0 Å². The SMILES string of the molecule is C#C/C(C=NCc1cncnc1C(C)(C)F)=C(/N=CN)NC1CC(C)C1(C)C. The van der Waals surface area contributed by atoms with Crippen LogP contribution in [0.4, 0.5) is 4.39 Å². The average molecular weight is 385 g/mol. The van der Waals surface area contributed by atoms with E-state index in [1.165, 1.54) is 26.5 Å². The zero-order valence-corrected chi connectivity index (χ0v) is 17.2. The minimum absolute atomic E-state index is 0.134. The summed E-state index contributed by atoms with van der Waals surface area (Å²) in [6.45, 7) is 9.76. The molecule has 1 aromatic heterocycles. The van der Waals surface area contributed by atoms with Gasteiger partial charge in [-0.25, -0.2) is 19.4 Å². The summed E-state index contributed by atoms with van der Waals surface area (Å²) in [4.78, 5) is 16.6. The van der Waals surface area contributed by atoms with Crippen molar-refractivity contribution in [2.24, 2.45) is 27.1 Å². The number of nitrogens with one attached hydrogen (secondary N) is 1. The third kappa shape index (κ3) is 4.75. The lowest BCUT2D eigenvalue weighted by Gasteiger charge is -2.51. The molecule has 0 bridgehead atoms. The predicted molar refractivity (Wildman–Crippen MR) is 111 cm³/mol. The first-order valence-corrected chi connectivity index (χ1v) is 9.31. The summed E-state index contributed by atoms with van der Waals surface area (Å²) in [5.74, 6) is 3.72. The van der Waals surface area contributed by atoms with Gasteiger partial charge in [0.15, 0.2) is 0 Å². The Morgan fingerprint density at radius 1 is 1.54 bits per heavy atom. The van der Waals surface area contributed by atoms with Gasteiger partial charge in [-0.1, -0.05) is 26.7 Å². The number of hydrogen-bond donors (Lipinski definition) is 2. The summed E-state index contributed by atoms with van der Waals surface area (Å²) in [6.07, 6.45) is 12.4. The summed E-state index contributed by atoms with van der Waals surface area (Å²) >= 11 is 0. The normalized spacial score (nSPS) is 22.6. The van der Waals surface area contributed by atoms with E-state index in [9.17, 15) is 4.39 Å². The van der Waals surface area contributed by atoms with Gasteiger partial charge in [-0.15, -0.1) is 6.42 Å². The molecule has 1 aromatic rings. The standard InChI is InChI=1S/C21H29FN6/c1-7-15(19(26-12-23)28-17-8-14(2)20(17,3)4)9-24-10-16-11-25-13-27-18(16)21(5,6)22/h1,9,11-14,17,28H,8,10H2,2-6H3,(H2,23,26)/b19-15+,24-9?.